The molecule has 0 aliphatic heterocycles. The van der Waals surface area contributed by atoms with Crippen molar-refractivity contribution in [2.75, 3.05) is 25.6 Å². The standard InChI is InChI=1S/C21H26N2O4/c1-26-19-10-9-17(13-20(19)27-12-11-15-7-8-15)22-21(25)23-18(14-24)16-5-3-2-4-6-16/h2-6,9-10,13,15,18,24H,7-8,11-12,14H2,1H3,(H2,22,23,25)/t18-/m0/s1. The first-order chi connectivity index (χ1) is 13.2. The highest BCUT2D eigenvalue weighted by Gasteiger charge is 2.21. The number of aliphatic hydroxyl groups excluding tert-OH is 1. The molecular weight excluding hydrogens is 344 g/mol. The number of rotatable bonds is 9. The molecule has 2 aromatic carbocycles. The minimum absolute atomic E-state index is 0.185. The number of urea groups is 1. The number of hydrogen-bond acceptors (Lipinski definition) is 4. The smallest absolute Gasteiger partial charge is 0.319 e. The van der Waals surface area contributed by atoms with Crippen LogP contribution < -0.4 is 20.1 Å². The average molecular weight is 370 g/mol. The Morgan fingerprint density at radius 2 is 1.96 bits per heavy atom. The number of aliphatic hydroxyl groups is 1. The zero-order chi connectivity index (χ0) is 19.1. The van der Waals surface area contributed by atoms with Gasteiger partial charge in [0, 0.05) is 11.8 Å². The molecule has 0 radical (unpaired) electrons. The van der Waals surface area contributed by atoms with Crippen LogP contribution in [-0.2, 0) is 0 Å². The second-order valence-electron chi connectivity index (χ2n) is 6.69. The van der Waals surface area contributed by atoms with Crippen molar-refractivity contribution in [3.8, 4) is 11.5 Å². The number of amides is 2. The van der Waals surface area contributed by atoms with Gasteiger partial charge >= 0.3 is 6.03 Å². The third kappa shape index (κ3) is 5.62. The fourth-order valence-electron chi connectivity index (χ4n) is 2.85. The fourth-order valence-corrected chi connectivity index (χ4v) is 2.85. The summed E-state index contributed by atoms with van der Waals surface area (Å²) in [7, 11) is 1.59. The van der Waals surface area contributed by atoms with Gasteiger partial charge in [0.05, 0.1) is 26.4 Å². The molecule has 6 heteroatoms. The highest BCUT2D eigenvalue weighted by Crippen LogP contribution is 2.34. The molecule has 0 heterocycles. The van der Waals surface area contributed by atoms with Gasteiger partial charge < -0.3 is 25.2 Å². The lowest BCUT2D eigenvalue weighted by Crippen LogP contribution is -2.34. The number of nitrogens with one attached hydrogen (secondary N) is 2. The van der Waals surface area contributed by atoms with E-state index in [1.54, 1.807) is 25.3 Å². The van der Waals surface area contributed by atoms with Crippen molar-refractivity contribution in [3.63, 3.8) is 0 Å². The van der Waals surface area contributed by atoms with Gasteiger partial charge in [-0.15, -0.1) is 0 Å². The maximum atomic E-state index is 12.3. The Morgan fingerprint density at radius 1 is 1.19 bits per heavy atom. The van der Waals surface area contributed by atoms with Crippen molar-refractivity contribution in [1.82, 2.24) is 5.32 Å². The molecule has 27 heavy (non-hydrogen) atoms. The van der Waals surface area contributed by atoms with Crippen molar-refractivity contribution in [1.29, 1.82) is 0 Å². The van der Waals surface area contributed by atoms with E-state index < -0.39 is 12.1 Å². The molecule has 0 bridgehead atoms. The third-order valence-corrected chi connectivity index (χ3v) is 4.59. The molecule has 0 spiro atoms. The van der Waals surface area contributed by atoms with Gasteiger partial charge in [0.25, 0.3) is 0 Å². The minimum atomic E-state index is -0.473. The lowest BCUT2D eigenvalue weighted by molar-refractivity contribution is 0.225. The molecule has 1 saturated carbocycles. The maximum Gasteiger partial charge on any atom is 0.319 e. The summed E-state index contributed by atoms with van der Waals surface area (Å²) in [5.74, 6) is 2.03. The first-order valence-electron chi connectivity index (χ1n) is 9.23. The zero-order valence-electron chi connectivity index (χ0n) is 15.5. The molecular formula is C21H26N2O4. The summed E-state index contributed by atoms with van der Waals surface area (Å²) in [5, 5.41) is 15.1. The molecule has 0 saturated heterocycles. The van der Waals surface area contributed by atoms with Crippen LogP contribution >= 0.6 is 0 Å². The van der Waals surface area contributed by atoms with Gasteiger partial charge in [0.15, 0.2) is 11.5 Å². The Bertz CT molecular complexity index is 747. The molecule has 3 N–H and O–H groups in total. The second kappa shape index (κ2) is 9.28. The van der Waals surface area contributed by atoms with E-state index in [-0.39, 0.29) is 6.61 Å². The molecule has 2 aromatic rings. The minimum Gasteiger partial charge on any atom is -0.493 e. The van der Waals surface area contributed by atoms with Crippen molar-refractivity contribution in [3.05, 3.63) is 54.1 Å². The van der Waals surface area contributed by atoms with Crippen LogP contribution in [0.5, 0.6) is 11.5 Å². The number of carbonyl (C=O) groups is 1. The topological polar surface area (TPSA) is 79.8 Å². The van der Waals surface area contributed by atoms with Crippen LogP contribution in [0.3, 0.4) is 0 Å². The van der Waals surface area contributed by atoms with Gasteiger partial charge in [0.2, 0.25) is 0 Å². The van der Waals surface area contributed by atoms with Crippen LogP contribution in [0, 0.1) is 5.92 Å². The molecule has 0 unspecified atom stereocenters. The molecule has 0 aromatic heterocycles. The Morgan fingerprint density at radius 3 is 2.63 bits per heavy atom. The van der Waals surface area contributed by atoms with E-state index in [0.29, 0.717) is 23.8 Å². The van der Waals surface area contributed by atoms with Crippen molar-refractivity contribution < 1.29 is 19.4 Å². The van der Waals surface area contributed by atoms with E-state index in [4.69, 9.17) is 9.47 Å². The van der Waals surface area contributed by atoms with Gasteiger partial charge in [0.1, 0.15) is 0 Å². The van der Waals surface area contributed by atoms with E-state index in [0.717, 1.165) is 17.9 Å². The normalized spacial score (nSPS) is 14.3. The number of anilines is 1. The number of hydrogen-bond donors (Lipinski definition) is 3. The third-order valence-electron chi connectivity index (χ3n) is 4.59. The molecule has 6 nitrogen and oxygen atoms in total. The highest BCUT2D eigenvalue weighted by molar-refractivity contribution is 5.90. The molecule has 144 valence electrons. The molecule has 2 amide bonds. The summed E-state index contributed by atoms with van der Waals surface area (Å²) in [5.41, 5.74) is 1.44. The Balaban J connectivity index is 1.60. The largest absolute Gasteiger partial charge is 0.493 e. The van der Waals surface area contributed by atoms with E-state index >= 15 is 0 Å². The maximum absolute atomic E-state index is 12.3. The zero-order valence-corrected chi connectivity index (χ0v) is 15.5. The predicted octanol–water partition coefficient (Wildman–Crippen LogP) is 3.73. The molecule has 3 rings (SSSR count). The summed E-state index contributed by atoms with van der Waals surface area (Å²) < 4.78 is 11.2. The van der Waals surface area contributed by atoms with E-state index in [1.165, 1.54) is 12.8 Å². The van der Waals surface area contributed by atoms with Gasteiger partial charge in [-0.2, -0.15) is 0 Å². The Hall–Kier alpha value is -2.73. The summed E-state index contributed by atoms with van der Waals surface area (Å²) in [4.78, 5) is 12.3. The summed E-state index contributed by atoms with van der Waals surface area (Å²) in [6.07, 6.45) is 3.61. The lowest BCUT2D eigenvalue weighted by Gasteiger charge is -2.18. The quantitative estimate of drug-likeness (QED) is 0.628. The van der Waals surface area contributed by atoms with E-state index in [1.807, 2.05) is 30.3 Å². The number of carbonyl (C=O) groups excluding carboxylic acids is 1. The lowest BCUT2D eigenvalue weighted by atomic mass is 10.1. The predicted molar refractivity (Wildman–Crippen MR) is 104 cm³/mol. The monoisotopic (exact) mass is 370 g/mol. The van der Waals surface area contributed by atoms with Crippen LogP contribution in [0.1, 0.15) is 30.9 Å². The highest BCUT2D eigenvalue weighted by atomic mass is 16.5. The van der Waals surface area contributed by atoms with Gasteiger partial charge in [-0.25, -0.2) is 4.79 Å². The van der Waals surface area contributed by atoms with E-state index in [9.17, 15) is 9.90 Å². The first kappa shape index (κ1) is 19.0. The van der Waals surface area contributed by atoms with Crippen LogP contribution in [-0.4, -0.2) is 31.5 Å². The number of benzene rings is 2. The second-order valence-corrected chi connectivity index (χ2v) is 6.69. The van der Waals surface area contributed by atoms with Crippen molar-refractivity contribution in [2.45, 2.75) is 25.3 Å². The summed E-state index contributed by atoms with van der Waals surface area (Å²) in [6.45, 7) is 0.451. The molecule has 1 aliphatic rings. The van der Waals surface area contributed by atoms with Crippen molar-refractivity contribution in [2.24, 2.45) is 5.92 Å². The van der Waals surface area contributed by atoms with Crippen LogP contribution in [0.25, 0.3) is 0 Å². The van der Waals surface area contributed by atoms with Crippen LogP contribution in [0.2, 0.25) is 0 Å². The Kier molecular flexibility index (Phi) is 6.54. The first-order valence-corrected chi connectivity index (χ1v) is 9.23. The van der Waals surface area contributed by atoms with Crippen molar-refractivity contribution >= 4 is 11.7 Å². The van der Waals surface area contributed by atoms with Gasteiger partial charge in [-0.1, -0.05) is 43.2 Å². The average Bonchev–Trinajstić information content (AvgIpc) is 3.51. The van der Waals surface area contributed by atoms with E-state index in [2.05, 4.69) is 10.6 Å². The number of methoxy groups -OCH3 is 1. The number of ether oxygens (including phenoxy) is 2. The van der Waals surface area contributed by atoms with Crippen LogP contribution in [0.4, 0.5) is 10.5 Å². The fraction of sp³-hybridized carbons (Fsp3) is 0.381. The van der Waals surface area contributed by atoms with Gasteiger partial charge in [-0.3, -0.25) is 0 Å². The van der Waals surface area contributed by atoms with Gasteiger partial charge in [-0.05, 0) is 30.0 Å². The molecule has 1 fully saturated rings. The summed E-state index contributed by atoms with van der Waals surface area (Å²) in [6, 6.07) is 13.7. The van der Waals surface area contributed by atoms with Crippen LogP contribution in [0.15, 0.2) is 48.5 Å². The SMILES string of the molecule is COc1ccc(NC(=O)N[C@@H](CO)c2ccccc2)cc1OCCC1CC1. The molecule has 1 atom stereocenters. The Labute approximate surface area is 159 Å². The summed E-state index contributed by atoms with van der Waals surface area (Å²) >= 11 is 0. The molecule has 1 aliphatic carbocycles.